The van der Waals surface area contributed by atoms with Crippen LogP contribution in [0, 0.1) is 0 Å². The van der Waals surface area contributed by atoms with Gasteiger partial charge in [-0.25, -0.2) is 4.79 Å². The van der Waals surface area contributed by atoms with E-state index in [0.29, 0.717) is 5.57 Å². The zero-order valence-corrected chi connectivity index (χ0v) is 7.52. The number of esters is 1. The molecule has 0 rings (SSSR count). The summed E-state index contributed by atoms with van der Waals surface area (Å²) < 4.78 is 9.35. The molecule has 2 N–H and O–H groups in total. The van der Waals surface area contributed by atoms with Crippen molar-refractivity contribution in [3.05, 3.63) is 11.8 Å². The molecule has 0 aliphatic carbocycles. The minimum absolute atomic E-state index is 0.0238. The number of hydrogen-bond donors (Lipinski definition) is 2. The normalized spacial score (nSPS) is 11.2. The molecule has 0 atom stereocenters. The van der Waals surface area contributed by atoms with Crippen LogP contribution in [0.15, 0.2) is 11.8 Å². The number of rotatable bonds is 6. The highest BCUT2D eigenvalue weighted by atomic mass is 16.5. The van der Waals surface area contributed by atoms with E-state index in [0.717, 1.165) is 0 Å². The molecule has 0 unspecified atom stereocenters. The van der Waals surface area contributed by atoms with Crippen LogP contribution in [0.1, 0.15) is 6.92 Å². The molecule has 5 nitrogen and oxygen atoms in total. The molecule has 0 aromatic heterocycles. The first-order chi connectivity index (χ1) is 6.22. The molecule has 0 saturated carbocycles. The standard InChI is InChI=1S/C8H14O5/c1-7(6-12-4-2-9)8(11)13-5-3-10/h6,9-10H,2-5H2,1H3. The second-order valence-electron chi connectivity index (χ2n) is 2.25. The summed E-state index contributed by atoms with van der Waals surface area (Å²) in [7, 11) is 0. The third-order valence-electron chi connectivity index (χ3n) is 1.12. The van der Waals surface area contributed by atoms with Crippen LogP contribution in [0.25, 0.3) is 0 Å². The van der Waals surface area contributed by atoms with Gasteiger partial charge in [-0.1, -0.05) is 0 Å². The molecule has 0 aromatic carbocycles. The van der Waals surface area contributed by atoms with Crippen molar-refractivity contribution in [1.29, 1.82) is 0 Å². The lowest BCUT2D eigenvalue weighted by molar-refractivity contribution is -0.140. The SMILES string of the molecule is CC(=COCCO)C(=O)OCCO. The van der Waals surface area contributed by atoms with Crippen LogP contribution < -0.4 is 0 Å². The van der Waals surface area contributed by atoms with Crippen molar-refractivity contribution in [3.8, 4) is 0 Å². The minimum atomic E-state index is -0.535. The van der Waals surface area contributed by atoms with Gasteiger partial charge in [-0.2, -0.15) is 0 Å². The van der Waals surface area contributed by atoms with E-state index in [9.17, 15) is 4.79 Å². The van der Waals surface area contributed by atoms with Crippen molar-refractivity contribution >= 4 is 5.97 Å². The first-order valence-corrected chi connectivity index (χ1v) is 3.89. The summed E-state index contributed by atoms with van der Waals surface area (Å²) in [6.45, 7) is 1.34. The summed E-state index contributed by atoms with van der Waals surface area (Å²) in [6, 6.07) is 0. The lowest BCUT2D eigenvalue weighted by Crippen LogP contribution is -2.09. The molecule has 0 amide bonds. The van der Waals surface area contributed by atoms with E-state index in [-0.39, 0.29) is 26.4 Å². The van der Waals surface area contributed by atoms with Crippen LogP contribution in [0.2, 0.25) is 0 Å². The Morgan fingerprint density at radius 2 is 1.92 bits per heavy atom. The quantitative estimate of drug-likeness (QED) is 0.254. The minimum Gasteiger partial charge on any atom is -0.498 e. The van der Waals surface area contributed by atoms with Gasteiger partial charge in [0.25, 0.3) is 0 Å². The molecule has 0 fully saturated rings. The van der Waals surface area contributed by atoms with E-state index >= 15 is 0 Å². The summed E-state index contributed by atoms with van der Waals surface area (Å²) in [5.74, 6) is -0.535. The maximum atomic E-state index is 11.0. The summed E-state index contributed by atoms with van der Waals surface area (Å²) in [5.41, 5.74) is 0.293. The largest absolute Gasteiger partial charge is 0.498 e. The summed E-state index contributed by atoms with van der Waals surface area (Å²) >= 11 is 0. The summed E-state index contributed by atoms with van der Waals surface area (Å²) in [6.07, 6.45) is 1.22. The van der Waals surface area contributed by atoms with Gasteiger partial charge in [0.05, 0.1) is 25.0 Å². The summed E-state index contributed by atoms with van der Waals surface area (Å²) in [4.78, 5) is 11.0. The molecular weight excluding hydrogens is 176 g/mol. The summed E-state index contributed by atoms with van der Waals surface area (Å²) in [5, 5.41) is 16.7. The van der Waals surface area contributed by atoms with Gasteiger partial charge in [-0.15, -0.1) is 0 Å². The van der Waals surface area contributed by atoms with Crippen LogP contribution in [-0.2, 0) is 14.3 Å². The van der Waals surface area contributed by atoms with Crippen LogP contribution in [0.4, 0.5) is 0 Å². The smallest absolute Gasteiger partial charge is 0.336 e. The predicted octanol–water partition coefficient (Wildman–Crippen LogP) is -0.565. The number of ether oxygens (including phenoxy) is 2. The number of carbonyl (C=O) groups excluding carboxylic acids is 1. The lowest BCUT2D eigenvalue weighted by atomic mass is 10.3. The molecule has 0 spiro atoms. The van der Waals surface area contributed by atoms with Crippen molar-refractivity contribution in [2.24, 2.45) is 0 Å². The molecular formula is C8H14O5. The highest BCUT2D eigenvalue weighted by Crippen LogP contribution is 1.96. The van der Waals surface area contributed by atoms with E-state index in [4.69, 9.17) is 14.9 Å². The Bertz CT molecular complexity index is 175. The molecule has 13 heavy (non-hydrogen) atoms. The Morgan fingerprint density at radius 1 is 1.31 bits per heavy atom. The van der Waals surface area contributed by atoms with Crippen LogP contribution >= 0.6 is 0 Å². The molecule has 0 aliphatic rings. The number of carbonyl (C=O) groups is 1. The monoisotopic (exact) mass is 190 g/mol. The van der Waals surface area contributed by atoms with Crippen molar-refractivity contribution in [1.82, 2.24) is 0 Å². The van der Waals surface area contributed by atoms with E-state index < -0.39 is 5.97 Å². The van der Waals surface area contributed by atoms with Crippen molar-refractivity contribution in [3.63, 3.8) is 0 Å². The first-order valence-electron chi connectivity index (χ1n) is 3.89. The third kappa shape index (κ3) is 6.12. The number of aliphatic hydroxyl groups is 2. The van der Waals surface area contributed by atoms with Crippen LogP contribution in [0.5, 0.6) is 0 Å². The van der Waals surface area contributed by atoms with Gasteiger partial charge in [0.15, 0.2) is 0 Å². The predicted molar refractivity (Wildman–Crippen MR) is 44.8 cm³/mol. The highest BCUT2D eigenvalue weighted by Gasteiger charge is 2.04. The molecule has 5 heteroatoms. The van der Waals surface area contributed by atoms with Crippen molar-refractivity contribution in [2.75, 3.05) is 26.4 Å². The average Bonchev–Trinajstić information content (AvgIpc) is 2.14. The fourth-order valence-corrected chi connectivity index (χ4v) is 0.537. The molecule has 76 valence electrons. The van der Waals surface area contributed by atoms with Gasteiger partial charge in [-0.3, -0.25) is 0 Å². The van der Waals surface area contributed by atoms with Gasteiger partial charge in [0, 0.05) is 0 Å². The maximum absolute atomic E-state index is 11.0. The van der Waals surface area contributed by atoms with Gasteiger partial charge in [0.1, 0.15) is 13.2 Å². The van der Waals surface area contributed by atoms with E-state index in [1.54, 1.807) is 0 Å². The van der Waals surface area contributed by atoms with Crippen molar-refractivity contribution in [2.45, 2.75) is 6.92 Å². The molecule has 0 saturated heterocycles. The molecule has 0 aromatic rings. The van der Waals surface area contributed by atoms with Gasteiger partial charge >= 0.3 is 5.97 Å². The highest BCUT2D eigenvalue weighted by molar-refractivity contribution is 5.87. The van der Waals surface area contributed by atoms with Gasteiger partial charge < -0.3 is 19.7 Å². The van der Waals surface area contributed by atoms with Crippen LogP contribution in [-0.4, -0.2) is 42.6 Å². The Morgan fingerprint density at radius 3 is 2.46 bits per heavy atom. The van der Waals surface area contributed by atoms with Crippen molar-refractivity contribution < 1.29 is 24.5 Å². The van der Waals surface area contributed by atoms with E-state index in [1.165, 1.54) is 13.2 Å². The van der Waals surface area contributed by atoms with Gasteiger partial charge in [-0.05, 0) is 6.92 Å². The number of hydrogen-bond acceptors (Lipinski definition) is 5. The third-order valence-corrected chi connectivity index (χ3v) is 1.12. The molecule has 0 bridgehead atoms. The fraction of sp³-hybridized carbons (Fsp3) is 0.625. The Kier molecular flexibility index (Phi) is 6.95. The Hall–Kier alpha value is -1.07. The molecule has 0 heterocycles. The second-order valence-corrected chi connectivity index (χ2v) is 2.25. The Balaban J connectivity index is 3.72. The zero-order chi connectivity index (χ0) is 10.1. The first kappa shape index (κ1) is 11.9. The van der Waals surface area contributed by atoms with E-state index in [2.05, 4.69) is 4.74 Å². The maximum Gasteiger partial charge on any atom is 0.336 e. The molecule has 0 aliphatic heterocycles. The topological polar surface area (TPSA) is 76.0 Å². The van der Waals surface area contributed by atoms with Gasteiger partial charge in [0.2, 0.25) is 0 Å². The second kappa shape index (κ2) is 7.57. The molecule has 0 radical (unpaired) electrons. The lowest BCUT2D eigenvalue weighted by Gasteiger charge is -2.02. The van der Waals surface area contributed by atoms with E-state index in [1.807, 2.05) is 0 Å². The van der Waals surface area contributed by atoms with Crippen LogP contribution in [0.3, 0.4) is 0 Å². The Labute approximate surface area is 76.6 Å². The zero-order valence-electron chi connectivity index (χ0n) is 7.52. The average molecular weight is 190 g/mol. The fourth-order valence-electron chi connectivity index (χ4n) is 0.537. The number of aliphatic hydroxyl groups excluding tert-OH is 2.